The van der Waals surface area contributed by atoms with E-state index in [2.05, 4.69) is 10.3 Å². The molecule has 4 rings (SSSR count). The standard InChI is InChI=1S/C24H21N3O2S/c1-27(16-22-26-20-9-5-6-10-21(20)30-22)23(28)15-25-24(29)19-13-11-18(12-14-19)17-7-3-2-4-8-17/h2-14H,15-16H2,1H3,(H,25,29). The van der Waals surface area contributed by atoms with Crippen LogP contribution in [-0.4, -0.2) is 35.3 Å². The summed E-state index contributed by atoms with van der Waals surface area (Å²) in [5.41, 5.74) is 3.59. The Morgan fingerprint density at radius 1 is 0.900 bits per heavy atom. The molecule has 30 heavy (non-hydrogen) atoms. The fraction of sp³-hybridized carbons (Fsp3) is 0.125. The van der Waals surface area contributed by atoms with Crippen molar-refractivity contribution >= 4 is 33.4 Å². The second kappa shape index (κ2) is 8.88. The summed E-state index contributed by atoms with van der Waals surface area (Å²) in [6.45, 7) is 0.362. The smallest absolute Gasteiger partial charge is 0.251 e. The fourth-order valence-corrected chi connectivity index (χ4v) is 4.14. The zero-order valence-electron chi connectivity index (χ0n) is 16.5. The van der Waals surface area contributed by atoms with Crippen LogP contribution >= 0.6 is 11.3 Å². The Labute approximate surface area is 179 Å². The van der Waals surface area contributed by atoms with Gasteiger partial charge in [0.2, 0.25) is 5.91 Å². The summed E-state index contributed by atoms with van der Waals surface area (Å²) in [5, 5.41) is 3.57. The summed E-state index contributed by atoms with van der Waals surface area (Å²) >= 11 is 1.57. The minimum atomic E-state index is -0.267. The number of amides is 2. The Balaban J connectivity index is 1.32. The van der Waals surface area contributed by atoms with Gasteiger partial charge in [-0.05, 0) is 35.4 Å². The van der Waals surface area contributed by atoms with Gasteiger partial charge in [-0.15, -0.1) is 11.3 Å². The number of likely N-dealkylation sites (N-methyl/N-ethyl adjacent to an activating group) is 1. The van der Waals surface area contributed by atoms with Crippen molar-refractivity contribution in [1.29, 1.82) is 0 Å². The molecule has 4 aromatic rings. The van der Waals surface area contributed by atoms with Crippen molar-refractivity contribution in [3.05, 3.63) is 89.4 Å². The summed E-state index contributed by atoms with van der Waals surface area (Å²) in [4.78, 5) is 31.0. The van der Waals surface area contributed by atoms with Crippen LogP contribution in [0.5, 0.6) is 0 Å². The topological polar surface area (TPSA) is 62.3 Å². The van der Waals surface area contributed by atoms with E-state index in [1.807, 2.05) is 66.7 Å². The Kier molecular flexibility index (Phi) is 5.86. The lowest BCUT2D eigenvalue weighted by Crippen LogP contribution is -2.37. The number of carbonyl (C=O) groups excluding carboxylic acids is 2. The SMILES string of the molecule is CN(Cc1nc2ccccc2s1)C(=O)CNC(=O)c1ccc(-c2ccccc2)cc1. The van der Waals surface area contributed by atoms with Gasteiger partial charge in [-0.25, -0.2) is 4.98 Å². The van der Waals surface area contributed by atoms with Gasteiger partial charge in [0.05, 0.1) is 23.3 Å². The predicted molar refractivity (Wildman–Crippen MR) is 120 cm³/mol. The molecule has 6 heteroatoms. The highest BCUT2D eigenvalue weighted by Gasteiger charge is 2.14. The summed E-state index contributed by atoms with van der Waals surface area (Å²) in [5.74, 6) is -0.431. The van der Waals surface area contributed by atoms with Gasteiger partial charge in [0.1, 0.15) is 5.01 Å². The summed E-state index contributed by atoms with van der Waals surface area (Å²) < 4.78 is 1.10. The molecule has 0 unspecified atom stereocenters. The van der Waals surface area contributed by atoms with Crippen molar-refractivity contribution in [3.63, 3.8) is 0 Å². The molecule has 2 amide bonds. The van der Waals surface area contributed by atoms with E-state index in [1.165, 1.54) is 0 Å². The van der Waals surface area contributed by atoms with Crippen LogP contribution in [0.4, 0.5) is 0 Å². The summed E-state index contributed by atoms with van der Waals surface area (Å²) in [6.07, 6.45) is 0. The van der Waals surface area contributed by atoms with Gasteiger partial charge in [-0.2, -0.15) is 0 Å². The van der Waals surface area contributed by atoms with Gasteiger partial charge < -0.3 is 10.2 Å². The first-order chi connectivity index (χ1) is 14.6. The van der Waals surface area contributed by atoms with Gasteiger partial charge >= 0.3 is 0 Å². The Hall–Kier alpha value is -3.51. The molecule has 0 saturated heterocycles. The second-order valence-electron chi connectivity index (χ2n) is 6.95. The molecule has 0 aliphatic carbocycles. The molecule has 0 bridgehead atoms. The highest BCUT2D eigenvalue weighted by molar-refractivity contribution is 7.18. The van der Waals surface area contributed by atoms with E-state index < -0.39 is 0 Å². The third-order valence-electron chi connectivity index (χ3n) is 4.79. The second-order valence-corrected chi connectivity index (χ2v) is 8.07. The third-order valence-corrected chi connectivity index (χ3v) is 5.81. The van der Waals surface area contributed by atoms with Crippen LogP contribution in [0.3, 0.4) is 0 Å². The van der Waals surface area contributed by atoms with Crippen LogP contribution < -0.4 is 5.32 Å². The zero-order valence-corrected chi connectivity index (χ0v) is 17.4. The Bertz CT molecular complexity index is 1140. The molecule has 0 fully saturated rings. The fourth-order valence-electron chi connectivity index (χ4n) is 3.12. The van der Waals surface area contributed by atoms with Crippen LogP contribution in [-0.2, 0) is 11.3 Å². The average molecular weight is 416 g/mol. The number of hydrogen-bond donors (Lipinski definition) is 1. The van der Waals surface area contributed by atoms with E-state index in [9.17, 15) is 9.59 Å². The van der Waals surface area contributed by atoms with E-state index >= 15 is 0 Å². The van der Waals surface area contributed by atoms with Crippen molar-refractivity contribution in [3.8, 4) is 11.1 Å². The van der Waals surface area contributed by atoms with Crippen molar-refractivity contribution in [2.75, 3.05) is 13.6 Å². The maximum Gasteiger partial charge on any atom is 0.251 e. The molecule has 0 saturated carbocycles. The van der Waals surface area contributed by atoms with Crippen LogP contribution in [0, 0.1) is 0 Å². The number of hydrogen-bond acceptors (Lipinski definition) is 4. The molecule has 0 atom stereocenters. The quantitative estimate of drug-likeness (QED) is 0.509. The van der Waals surface area contributed by atoms with Gasteiger partial charge in [0, 0.05) is 12.6 Å². The largest absolute Gasteiger partial charge is 0.343 e. The maximum absolute atomic E-state index is 12.4. The number of benzene rings is 3. The number of rotatable bonds is 6. The number of nitrogens with one attached hydrogen (secondary N) is 1. The summed E-state index contributed by atoms with van der Waals surface area (Å²) in [7, 11) is 1.72. The maximum atomic E-state index is 12.4. The van der Waals surface area contributed by atoms with Crippen LogP contribution in [0.15, 0.2) is 78.9 Å². The molecule has 1 heterocycles. The molecule has 5 nitrogen and oxygen atoms in total. The van der Waals surface area contributed by atoms with E-state index in [0.717, 1.165) is 26.4 Å². The Morgan fingerprint density at radius 3 is 2.30 bits per heavy atom. The van der Waals surface area contributed by atoms with Gasteiger partial charge in [0.15, 0.2) is 0 Å². The third kappa shape index (κ3) is 4.55. The lowest BCUT2D eigenvalue weighted by Gasteiger charge is -2.16. The predicted octanol–water partition coefficient (Wildman–Crippen LogP) is 4.35. The summed E-state index contributed by atoms with van der Waals surface area (Å²) in [6, 6.07) is 25.2. The van der Waals surface area contributed by atoms with Crippen molar-refractivity contribution in [2.45, 2.75) is 6.54 Å². The number of thiazole rings is 1. The Morgan fingerprint density at radius 2 is 1.57 bits per heavy atom. The molecule has 0 aliphatic heterocycles. The highest BCUT2D eigenvalue weighted by atomic mass is 32.1. The van der Waals surface area contributed by atoms with Gasteiger partial charge in [0.25, 0.3) is 5.91 Å². The first-order valence-electron chi connectivity index (χ1n) is 9.62. The molecule has 1 N–H and O–H groups in total. The first-order valence-corrected chi connectivity index (χ1v) is 10.4. The molecule has 3 aromatic carbocycles. The molecule has 150 valence electrons. The van der Waals surface area contributed by atoms with Crippen LogP contribution in [0.1, 0.15) is 15.4 Å². The lowest BCUT2D eigenvalue weighted by atomic mass is 10.0. The van der Waals surface area contributed by atoms with E-state index in [4.69, 9.17) is 0 Å². The molecular weight excluding hydrogens is 394 g/mol. The molecule has 0 radical (unpaired) electrons. The van der Waals surface area contributed by atoms with Gasteiger partial charge in [-0.1, -0.05) is 54.6 Å². The monoisotopic (exact) mass is 415 g/mol. The average Bonchev–Trinajstić information content (AvgIpc) is 3.20. The van der Waals surface area contributed by atoms with E-state index in [0.29, 0.717) is 12.1 Å². The number of carbonyl (C=O) groups is 2. The molecule has 1 aromatic heterocycles. The van der Waals surface area contributed by atoms with Crippen LogP contribution in [0.25, 0.3) is 21.3 Å². The van der Waals surface area contributed by atoms with Gasteiger partial charge in [-0.3, -0.25) is 9.59 Å². The number of para-hydroxylation sites is 1. The number of aromatic nitrogens is 1. The first kappa shape index (κ1) is 19.8. The minimum absolute atomic E-state index is 0.0549. The van der Waals surface area contributed by atoms with Crippen molar-refractivity contribution in [1.82, 2.24) is 15.2 Å². The van der Waals surface area contributed by atoms with Crippen molar-refractivity contribution < 1.29 is 9.59 Å². The lowest BCUT2D eigenvalue weighted by molar-refractivity contribution is -0.129. The minimum Gasteiger partial charge on any atom is -0.343 e. The van der Waals surface area contributed by atoms with E-state index in [1.54, 1.807) is 35.4 Å². The zero-order chi connectivity index (χ0) is 20.9. The normalized spacial score (nSPS) is 10.7. The number of fused-ring (bicyclic) bond motifs is 1. The number of nitrogens with zero attached hydrogens (tertiary/aromatic N) is 2. The molecular formula is C24H21N3O2S. The van der Waals surface area contributed by atoms with Crippen molar-refractivity contribution in [2.24, 2.45) is 0 Å². The van der Waals surface area contributed by atoms with E-state index in [-0.39, 0.29) is 18.4 Å². The highest BCUT2D eigenvalue weighted by Crippen LogP contribution is 2.22. The van der Waals surface area contributed by atoms with Crippen LogP contribution in [0.2, 0.25) is 0 Å². The molecule has 0 spiro atoms. The molecule has 0 aliphatic rings.